The predicted molar refractivity (Wildman–Crippen MR) is 354 cm³/mol. The molecule has 0 radical (unpaired) electrons. The standard InChI is InChI=1S/C69H134O17P2/c1-7-10-12-14-16-18-23-27-35-41-47-53-68(73)85-64(57-79-66(71)51-45-39-33-17-15-13-11-8-2)59-83-87(75,76)81-55-63(70)56-82-88(77,78)84-60-65(58-80-67(72)52-46-40-34-30-29-31-37-43-49-61(4)5)86-69(74)54-48-42-36-28-25-22-20-19-21-24-26-32-38-44-50-62(6)9-3/h61-65,70H,7-60H2,1-6H3,(H,75,76)(H,77,78)/t62?,63-,64+,65+/m0/s1. The van der Waals surface area contributed by atoms with Crippen LogP contribution < -0.4 is 0 Å². The number of hydrogen-bond donors (Lipinski definition) is 3. The van der Waals surface area contributed by atoms with Crippen LogP contribution in [0.15, 0.2) is 0 Å². The highest BCUT2D eigenvalue weighted by atomic mass is 31.2. The summed E-state index contributed by atoms with van der Waals surface area (Å²) >= 11 is 0. The molecule has 0 saturated carbocycles. The second-order valence-electron chi connectivity index (χ2n) is 25.6. The first-order valence-corrected chi connectivity index (χ1v) is 39.0. The molecule has 0 aliphatic carbocycles. The van der Waals surface area contributed by atoms with E-state index in [2.05, 4.69) is 41.5 Å². The van der Waals surface area contributed by atoms with Crippen molar-refractivity contribution in [1.82, 2.24) is 0 Å². The molecule has 0 amide bonds. The van der Waals surface area contributed by atoms with E-state index in [1.54, 1.807) is 0 Å². The van der Waals surface area contributed by atoms with Crippen molar-refractivity contribution in [3.63, 3.8) is 0 Å². The van der Waals surface area contributed by atoms with Crippen LogP contribution in [-0.4, -0.2) is 96.7 Å². The number of aliphatic hydroxyl groups excluding tert-OH is 1. The van der Waals surface area contributed by atoms with E-state index in [1.807, 2.05) is 0 Å². The molecule has 0 rings (SSSR count). The van der Waals surface area contributed by atoms with Crippen LogP contribution in [0.5, 0.6) is 0 Å². The van der Waals surface area contributed by atoms with Gasteiger partial charge in [0.1, 0.15) is 19.3 Å². The fraction of sp³-hybridized carbons (Fsp3) is 0.942. The summed E-state index contributed by atoms with van der Waals surface area (Å²) in [6.45, 7) is 9.53. The number of carbonyl (C=O) groups excluding carboxylic acids is 4. The van der Waals surface area contributed by atoms with Crippen LogP contribution in [-0.2, 0) is 65.4 Å². The van der Waals surface area contributed by atoms with Crippen molar-refractivity contribution in [3.8, 4) is 0 Å². The third-order valence-electron chi connectivity index (χ3n) is 16.3. The lowest BCUT2D eigenvalue weighted by molar-refractivity contribution is -0.161. The number of hydrogen-bond acceptors (Lipinski definition) is 15. The zero-order valence-electron chi connectivity index (χ0n) is 57.0. The number of phosphoric ester groups is 2. The van der Waals surface area contributed by atoms with Crippen molar-refractivity contribution >= 4 is 39.5 Å². The molecule has 3 unspecified atom stereocenters. The fourth-order valence-electron chi connectivity index (χ4n) is 10.4. The lowest BCUT2D eigenvalue weighted by Crippen LogP contribution is -2.30. The Morgan fingerprint density at radius 2 is 0.580 bits per heavy atom. The average Bonchev–Trinajstić information content (AvgIpc) is 3.54. The summed E-state index contributed by atoms with van der Waals surface area (Å²) < 4.78 is 68.1. The van der Waals surface area contributed by atoms with Crippen molar-refractivity contribution in [2.75, 3.05) is 39.6 Å². The van der Waals surface area contributed by atoms with Gasteiger partial charge in [-0.15, -0.1) is 0 Å². The Labute approximate surface area is 537 Å². The van der Waals surface area contributed by atoms with Gasteiger partial charge in [0.15, 0.2) is 12.2 Å². The Morgan fingerprint density at radius 3 is 0.864 bits per heavy atom. The van der Waals surface area contributed by atoms with Crippen LogP contribution in [0.25, 0.3) is 0 Å². The largest absolute Gasteiger partial charge is 0.472 e. The second-order valence-corrected chi connectivity index (χ2v) is 28.5. The molecule has 0 aliphatic rings. The molecule has 0 spiro atoms. The van der Waals surface area contributed by atoms with Crippen LogP contribution in [0.3, 0.4) is 0 Å². The molecule has 6 atom stereocenters. The van der Waals surface area contributed by atoms with E-state index in [4.69, 9.17) is 37.0 Å². The minimum Gasteiger partial charge on any atom is -0.462 e. The summed E-state index contributed by atoms with van der Waals surface area (Å²) in [6.07, 6.45) is 45.8. The zero-order chi connectivity index (χ0) is 65.0. The quantitative estimate of drug-likeness (QED) is 0.0222. The molecule has 0 heterocycles. The first kappa shape index (κ1) is 86.1. The van der Waals surface area contributed by atoms with E-state index in [9.17, 15) is 43.2 Å². The van der Waals surface area contributed by atoms with Gasteiger partial charge < -0.3 is 33.8 Å². The molecule has 0 bridgehead atoms. The van der Waals surface area contributed by atoms with Gasteiger partial charge in [0, 0.05) is 25.7 Å². The highest BCUT2D eigenvalue weighted by molar-refractivity contribution is 7.47. The van der Waals surface area contributed by atoms with Gasteiger partial charge in [-0.05, 0) is 37.5 Å². The van der Waals surface area contributed by atoms with Crippen molar-refractivity contribution in [3.05, 3.63) is 0 Å². The van der Waals surface area contributed by atoms with Crippen molar-refractivity contribution in [2.24, 2.45) is 11.8 Å². The number of carbonyl (C=O) groups is 4. The van der Waals surface area contributed by atoms with Crippen molar-refractivity contribution < 1.29 is 80.2 Å². The Hall–Kier alpha value is -1.94. The molecule has 17 nitrogen and oxygen atoms in total. The third-order valence-corrected chi connectivity index (χ3v) is 18.2. The summed E-state index contributed by atoms with van der Waals surface area (Å²) in [5, 5.41) is 10.6. The minimum atomic E-state index is -4.95. The van der Waals surface area contributed by atoms with Crippen LogP contribution in [0.2, 0.25) is 0 Å². The van der Waals surface area contributed by atoms with Gasteiger partial charge in [0.2, 0.25) is 0 Å². The molecular weight excluding hydrogens is 1160 g/mol. The number of rotatable bonds is 68. The molecule has 88 heavy (non-hydrogen) atoms. The molecule has 0 fully saturated rings. The summed E-state index contributed by atoms with van der Waals surface area (Å²) in [5.41, 5.74) is 0. The highest BCUT2D eigenvalue weighted by Gasteiger charge is 2.30. The first-order valence-electron chi connectivity index (χ1n) is 36.0. The highest BCUT2D eigenvalue weighted by Crippen LogP contribution is 2.45. The Bertz CT molecular complexity index is 1720. The van der Waals surface area contributed by atoms with Crippen LogP contribution in [0.1, 0.15) is 350 Å². The second kappa shape index (κ2) is 61.3. The first-order chi connectivity index (χ1) is 42.4. The molecule has 0 aromatic carbocycles. The number of esters is 4. The molecule has 522 valence electrons. The maximum absolute atomic E-state index is 13.0. The van der Waals surface area contributed by atoms with Gasteiger partial charge in [-0.25, -0.2) is 9.13 Å². The van der Waals surface area contributed by atoms with Crippen LogP contribution >= 0.6 is 15.6 Å². The van der Waals surface area contributed by atoms with Crippen LogP contribution in [0, 0.1) is 11.8 Å². The predicted octanol–water partition coefficient (Wildman–Crippen LogP) is 19.6. The summed E-state index contributed by atoms with van der Waals surface area (Å²) in [7, 11) is -9.89. The smallest absolute Gasteiger partial charge is 0.462 e. The van der Waals surface area contributed by atoms with Crippen molar-refractivity contribution in [2.45, 2.75) is 368 Å². The number of aliphatic hydroxyl groups is 1. The van der Waals surface area contributed by atoms with Crippen molar-refractivity contribution in [1.29, 1.82) is 0 Å². The topological polar surface area (TPSA) is 237 Å². The molecule has 0 aliphatic heterocycles. The Balaban J connectivity index is 5.20. The van der Waals surface area contributed by atoms with Gasteiger partial charge in [-0.1, -0.05) is 298 Å². The normalized spacial score (nSPS) is 14.5. The molecular formula is C69H134O17P2. The van der Waals surface area contributed by atoms with E-state index in [-0.39, 0.29) is 25.7 Å². The lowest BCUT2D eigenvalue weighted by Gasteiger charge is -2.21. The van der Waals surface area contributed by atoms with Gasteiger partial charge >= 0.3 is 39.5 Å². The fourth-order valence-corrected chi connectivity index (χ4v) is 12.0. The molecule has 0 aromatic heterocycles. The summed E-state index contributed by atoms with van der Waals surface area (Å²) in [6, 6.07) is 0. The van der Waals surface area contributed by atoms with Gasteiger partial charge in [-0.2, -0.15) is 0 Å². The van der Waals surface area contributed by atoms with Gasteiger partial charge in [0.25, 0.3) is 0 Å². The zero-order valence-corrected chi connectivity index (χ0v) is 58.8. The van der Waals surface area contributed by atoms with Gasteiger partial charge in [0.05, 0.1) is 26.4 Å². The number of ether oxygens (including phenoxy) is 4. The maximum atomic E-state index is 13.0. The molecule has 0 aromatic rings. The van der Waals surface area contributed by atoms with Gasteiger partial charge in [-0.3, -0.25) is 37.3 Å². The minimum absolute atomic E-state index is 0.107. The Kier molecular flexibility index (Phi) is 59.9. The molecule has 3 N–H and O–H groups in total. The van der Waals surface area contributed by atoms with E-state index >= 15 is 0 Å². The summed E-state index contributed by atoms with van der Waals surface area (Å²) in [4.78, 5) is 72.4. The van der Waals surface area contributed by atoms with E-state index < -0.39 is 97.5 Å². The van der Waals surface area contributed by atoms with Crippen LogP contribution in [0.4, 0.5) is 0 Å². The maximum Gasteiger partial charge on any atom is 0.472 e. The third kappa shape index (κ3) is 61.6. The Morgan fingerprint density at radius 1 is 0.330 bits per heavy atom. The monoisotopic (exact) mass is 1300 g/mol. The molecule has 0 saturated heterocycles. The van der Waals surface area contributed by atoms with E-state index in [0.717, 1.165) is 108 Å². The number of unbranched alkanes of at least 4 members (excludes halogenated alkanes) is 37. The van der Waals surface area contributed by atoms with E-state index in [1.165, 1.54) is 161 Å². The average molecular weight is 1300 g/mol. The van der Waals surface area contributed by atoms with E-state index in [0.29, 0.717) is 25.7 Å². The number of phosphoric acid groups is 2. The summed E-state index contributed by atoms with van der Waals surface area (Å²) in [5.74, 6) is -0.556. The lowest BCUT2D eigenvalue weighted by atomic mass is 9.99. The SMILES string of the molecule is CCCCCCCCCCCCCC(=O)O[C@H](COC(=O)CCCCCCCCCC)COP(=O)(O)OC[C@H](O)COP(=O)(O)OC[C@@H](COC(=O)CCCCCCCCCCC(C)C)OC(=O)CCCCCCCCCCCCCCCCC(C)CC. The molecule has 19 heteroatoms.